The zero-order chi connectivity index (χ0) is 14.7. The molecule has 0 spiro atoms. The molecule has 2 aromatic heterocycles. The number of nitrogens with two attached hydrogens (primary N) is 1. The second kappa shape index (κ2) is 4.26. The third-order valence-electron chi connectivity index (χ3n) is 3.56. The maximum absolute atomic E-state index is 10.4. The van der Waals surface area contributed by atoms with Gasteiger partial charge in [0.05, 0.1) is 12.4 Å². The number of nitrogens with zero attached hydrogens (tertiary/aromatic N) is 4. The summed E-state index contributed by atoms with van der Waals surface area (Å²) in [4.78, 5) is 12.0. The van der Waals surface area contributed by atoms with E-state index in [4.69, 9.17) is 22.1 Å². The predicted molar refractivity (Wildman–Crippen MR) is 71.0 cm³/mol. The first-order chi connectivity index (χ1) is 9.32. The van der Waals surface area contributed by atoms with E-state index in [9.17, 15) is 10.2 Å². The summed E-state index contributed by atoms with van der Waals surface area (Å²) >= 11 is 5.79. The Kier molecular flexibility index (Phi) is 2.87. The number of anilines is 1. The molecule has 0 amide bonds. The topological polar surface area (TPSA) is 119 Å². The summed E-state index contributed by atoms with van der Waals surface area (Å²) in [6.07, 6.45) is -0.972. The van der Waals surface area contributed by atoms with Gasteiger partial charge in [-0.1, -0.05) is 0 Å². The molecule has 4 atom stereocenters. The van der Waals surface area contributed by atoms with Crippen molar-refractivity contribution in [1.29, 1.82) is 0 Å². The largest absolute Gasteiger partial charge is 0.387 e. The highest BCUT2D eigenvalue weighted by Gasteiger charge is 2.51. The van der Waals surface area contributed by atoms with Gasteiger partial charge >= 0.3 is 0 Å². The van der Waals surface area contributed by atoms with Crippen LogP contribution in [0.5, 0.6) is 0 Å². The Labute approximate surface area is 119 Å². The first-order valence-electron chi connectivity index (χ1n) is 6.04. The Morgan fingerprint density at radius 2 is 2.20 bits per heavy atom. The number of fused-ring (bicyclic) bond motifs is 1. The number of aliphatic hydroxyl groups excluding tert-OH is 1. The third-order valence-corrected chi connectivity index (χ3v) is 3.73. The molecule has 0 bridgehead atoms. The van der Waals surface area contributed by atoms with Crippen molar-refractivity contribution in [2.45, 2.75) is 37.9 Å². The van der Waals surface area contributed by atoms with Gasteiger partial charge < -0.3 is 20.7 Å². The average molecular weight is 300 g/mol. The number of halogens is 1. The van der Waals surface area contributed by atoms with Crippen molar-refractivity contribution >= 4 is 28.6 Å². The van der Waals surface area contributed by atoms with Crippen LogP contribution < -0.4 is 5.73 Å². The molecule has 2 unspecified atom stereocenters. The van der Waals surface area contributed by atoms with Crippen molar-refractivity contribution in [3.63, 3.8) is 0 Å². The van der Waals surface area contributed by atoms with Crippen LogP contribution in [0.4, 0.5) is 5.82 Å². The number of nitrogen functional groups attached to an aromatic ring is 1. The lowest BCUT2D eigenvalue weighted by Gasteiger charge is -2.27. The lowest BCUT2D eigenvalue weighted by atomic mass is 9.97. The van der Waals surface area contributed by atoms with Crippen molar-refractivity contribution < 1.29 is 14.9 Å². The summed E-state index contributed by atoms with van der Waals surface area (Å²) < 4.78 is 7.09. The molecule has 1 saturated heterocycles. The molecule has 1 aliphatic heterocycles. The minimum Gasteiger partial charge on any atom is -0.387 e. The average Bonchev–Trinajstić information content (AvgIpc) is 2.85. The molecule has 9 heteroatoms. The zero-order valence-electron chi connectivity index (χ0n) is 10.9. The molecule has 0 aliphatic carbocycles. The van der Waals surface area contributed by atoms with E-state index in [-0.39, 0.29) is 11.1 Å². The van der Waals surface area contributed by atoms with E-state index in [0.29, 0.717) is 11.2 Å². The molecule has 8 nitrogen and oxygen atoms in total. The van der Waals surface area contributed by atoms with Gasteiger partial charge in [-0.15, -0.1) is 0 Å². The van der Waals surface area contributed by atoms with Gasteiger partial charge in [0.25, 0.3) is 0 Å². The van der Waals surface area contributed by atoms with Gasteiger partial charge in [0.15, 0.2) is 17.7 Å². The molecule has 3 rings (SSSR count). The van der Waals surface area contributed by atoms with Crippen molar-refractivity contribution in [3.05, 3.63) is 11.6 Å². The van der Waals surface area contributed by atoms with Crippen LogP contribution in [0, 0.1) is 0 Å². The van der Waals surface area contributed by atoms with E-state index in [1.807, 2.05) is 0 Å². The standard InChI is InChI=1S/C11H14ClN5O3/c1-4-6(18)11(2,19)9(20-4)17-3-14-5-7(13)15-10(12)16-8(5)17/h3-4,6,9,18-19H,1-2H3,(H2,13,15,16)/t4-,6?,9+,11?/m0/s1. The Morgan fingerprint density at radius 1 is 1.50 bits per heavy atom. The van der Waals surface area contributed by atoms with Crippen molar-refractivity contribution in [2.75, 3.05) is 5.73 Å². The van der Waals surface area contributed by atoms with E-state index in [0.717, 1.165) is 0 Å². The SMILES string of the molecule is C[C@@H]1O[C@@H](n2cnc3c(N)nc(Cl)nc32)C(C)(O)C1O. The molecular formula is C11H14ClN5O3. The summed E-state index contributed by atoms with van der Waals surface area (Å²) in [5, 5.41) is 20.4. The van der Waals surface area contributed by atoms with Crippen molar-refractivity contribution in [1.82, 2.24) is 19.5 Å². The maximum Gasteiger partial charge on any atom is 0.226 e. The molecule has 1 fully saturated rings. The summed E-state index contributed by atoms with van der Waals surface area (Å²) in [5.74, 6) is 0.144. The van der Waals surface area contributed by atoms with Crippen LogP contribution in [-0.4, -0.2) is 47.5 Å². The van der Waals surface area contributed by atoms with E-state index >= 15 is 0 Å². The fourth-order valence-electron chi connectivity index (χ4n) is 2.47. The summed E-state index contributed by atoms with van der Waals surface area (Å²) in [7, 11) is 0. The van der Waals surface area contributed by atoms with Crippen LogP contribution in [0.15, 0.2) is 6.33 Å². The van der Waals surface area contributed by atoms with Gasteiger partial charge in [-0.25, -0.2) is 4.98 Å². The zero-order valence-corrected chi connectivity index (χ0v) is 11.6. The first-order valence-corrected chi connectivity index (χ1v) is 6.41. The van der Waals surface area contributed by atoms with Crippen LogP contribution in [0.1, 0.15) is 20.1 Å². The van der Waals surface area contributed by atoms with Gasteiger partial charge in [-0.3, -0.25) is 4.57 Å². The number of aliphatic hydroxyl groups is 2. The minimum absolute atomic E-state index is 0.0250. The number of ether oxygens (including phenoxy) is 1. The van der Waals surface area contributed by atoms with E-state index < -0.39 is 24.0 Å². The lowest BCUT2D eigenvalue weighted by Crippen LogP contribution is -2.43. The maximum atomic E-state index is 10.4. The molecule has 20 heavy (non-hydrogen) atoms. The quantitative estimate of drug-likeness (QED) is 0.638. The highest BCUT2D eigenvalue weighted by Crippen LogP contribution is 2.39. The number of rotatable bonds is 1. The molecule has 4 N–H and O–H groups in total. The van der Waals surface area contributed by atoms with Crippen molar-refractivity contribution in [2.24, 2.45) is 0 Å². The minimum atomic E-state index is -1.49. The van der Waals surface area contributed by atoms with Crippen LogP contribution in [0.2, 0.25) is 5.28 Å². The van der Waals surface area contributed by atoms with E-state index in [2.05, 4.69) is 15.0 Å². The van der Waals surface area contributed by atoms with Gasteiger partial charge in [0, 0.05) is 0 Å². The first kappa shape index (κ1) is 13.5. The summed E-state index contributed by atoms with van der Waals surface area (Å²) in [6, 6.07) is 0. The number of imidazole rings is 1. The predicted octanol–water partition coefficient (Wildman–Crippen LogP) is 0.0911. The Morgan fingerprint density at radius 3 is 2.80 bits per heavy atom. The fourth-order valence-corrected chi connectivity index (χ4v) is 2.64. The molecule has 1 aliphatic rings. The molecular weight excluding hydrogens is 286 g/mol. The lowest BCUT2D eigenvalue weighted by molar-refractivity contribution is -0.0936. The van der Waals surface area contributed by atoms with Gasteiger partial charge in [0.2, 0.25) is 5.28 Å². The molecule has 3 heterocycles. The second-order valence-electron chi connectivity index (χ2n) is 5.07. The Hall–Kier alpha value is -1.48. The molecule has 2 aromatic rings. The molecule has 0 radical (unpaired) electrons. The second-order valence-corrected chi connectivity index (χ2v) is 5.40. The van der Waals surface area contributed by atoms with Gasteiger partial charge in [-0.2, -0.15) is 9.97 Å². The Bertz CT molecular complexity index is 673. The van der Waals surface area contributed by atoms with E-state index in [1.165, 1.54) is 17.8 Å². The smallest absolute Gasteiger partial charge is 0.226 e. The summed E-state index contributed by atoms with van der Waals surface area (Å²) in [6.45, 7) is 3.17. The molecule has 0 aromatic carbocycles. The molecule has 108 valence electrons. The van der Waals surface area contributed by atoms with Crippen LogP contribution >= 0.6 is 11.6 Å². The fraction of sp³-hybridized carbons (Fsp3) is 0.545. The number of hydrogen-bond donors (Lipinski definition) is 3. The summed E-state index contributed by atoms with van der Waals surface area (Å²) in [5.41, 5.74) is 4.95. The Balaban J connectivity index is 2.16. The van der Waals surface area contributed by atoms with Gasteiger partial charge in [0.1, 0.15) is 17.2 Å². The van der Waals surface area contributed by atoms with Crippen LogP contribution in [-0.2, 0) is 4.74 Å². The normalized spacial score (nSPS) is 34.0. The van der Waals surface area contributed by atoms with Gasteiger partial charge in [-0.05, 0) is 25.4 Å². The number of aromatic nitrogens is 4. The van der Waals surface area contributed by atoms with E-state index in [1.54, 1.807) is 6.92 Å². The van der Waals surface area contributed by atoms with Crippen LogP contribution in [0.3, 0.4) is 0 Å². The van der Waals surface area contributed by atoms with Crippen LogP contribution in [0.25, 0.3) is 11.2 Å². The van der Waals surface area contributed by atoms with Crippen molar-refractivity contribution in [3.8, 4) is 0 Å². The highest BCUT2D eigenvalue weighted by molar-refractivity contribution is 6.28. The molecule has 0 saturated carbocycles. The highest BCUT2D eigenvalue weighted by atomic mass is 35.5. The number of hydrogen-bond acceptors (Lipinski definition) is 7. The third kappa shape index (κ3) is 1.76. The monoisotopic (exact) mass is 299 g/mol.